The number of benzene rings is 3. The summed E-state index contributed by atoms with van der Waals surface area (Å²) in [4.78, 5) is 13.4. The van der Waals surface area contributed by atoms with Crippen LogP contribution in [0.5, 0.6) is 0 Å². The second-order valence-corrected chi connectivity index (χ2v) is 7.78. The lowest BCUT2D eigenvalue weighted by Crippen LogP contribution is -2.33. The van der Waals surface area contributed by atoms with Gasteiger partial charge in [-0.2, -0.15) is 0 Å². The van der Waals surface area contributed by atoms with E-state index in [0.29, 0.717) is 6.61 Å². The van der Waals surface area contributed by atoms with Gasteiger partial charge in [-0.1, -0.05) is 89.5 Å². The van der Waals surface area contributed by atoms with Crippen LogP contribution in [0.1, 0.15) is 40.3 Å². The Labute approximate surface area is 172 Å². The predicted molar refractivity (Wildman–Crippen MR) is 114 cm³/mol. The average molecular weight is 386 g/mol. The summed E-state index contributed by atoms with van der Waals surface area (Å²) in [6.07, 6.45) is 0. The topological polar surface area (TPSA) is 38.8 Å². The Morgan fingerprint density at radius 1 is 0.724 bits per heavy atom. The van der Waals surface area contributed by atoms with E-state index in [-0.39, 0.29) is 5.97 Å². The standard InChI is InChI=1S/C26H26O3/c1-5-28-24(27)26(23-16-10-20(4)11-17-23)25(29-26,21-12-6-18(2)7-13-21)22-14-8-19(3)9-15-22/h6-17H,5H2,1-4H3. The minimum absolute atomic E-state index is 0.299. The van der Waals surface area contributed by atoms with E-state index in [9.17, 15) is 4.79 Å². The lowest BCUT2D eigenvalue weighted by molar-refractivity contribution is -0.150. The van der Waals surface area contributed by atoms with Gasteiger partial charge < -0.3 is 9.47 Å². The Morgan fingerprint density at radius 2 is 1.10 bits per heavy atom. The fourth-order valence-corrected chi connectivity index (χ4v) is 4.06. The van der Waals surface area contributed by atoms with Crippen molar-refractivity contribution < 1.29 is 14.3 Å². The third-order valence-corrected chi connectivity index (χ3v) is 5.70. The Bertz CT molecular complexity index is 972. The predicted octanol–water partition coefficient (Wildman–Crippen LogP) is 5.34. The SMILES string of the molecule is CCOC(=O)C1(c2ccc(C)cc2)OC1(c1ccc(C)cc1)c1ccc(C)cc1. The maximum Gasteiger partial charge on any atom is 0.347 e. The first-order chi connectivity index (χ1) is 13.9. The fourth-order valence-electron chi connectivity index (χ4n) is 4.06. The van der Waals surface area contributed by atoms with Crippen molar-refractivity contribution >= 4 is 5.97 Å². The van der Waals surface area contributed by atoms with E-state index in [2.05, 4.69) is 38.1 Å². The van der Waals surface area contributed by atoms with Crippen LogP contribution in [0.15, 0.2) is 72.8 Å². The molecule has 148 valence electrons. The monoisotopic (exact) mass is 386 g/mol. The molecule has 0 aromatic heterocycles. The number of carbonyl (C=O) groups excluding carboxylic acids is 1. The molecule has 0 bridgehead atoms. The summed E-state index contributed by atoms with van der Waals surface area (Å²) in [5.41, 5.74) is 4.02. The summed E-state index contributed by atoms with van der Waals surface area (Å²) >= 11 is 0. The first kappa shape index (κ1) is 19.4. The molecule has 3 aromatic rings. The molecule has 1 aliphatic rings. The van der Waals surface area contributed by atoms with Gasteiger partial charge in [-0.3, -0.25) is 0 Å². The van der Waals surface area contributed by atoms with Crippen molar-refractivity contribution in [1.29, 1.82) is 0 Å². The second kappa shape index (κ2) is 7.16. The van der Waals surface area contributed by atoms with Crippen LogP contribution >= 0.6 is 0 Å². The highest BCUT2D eigenvalue weighted by molar-refractivity contribution is 5.89. The molecular formula is C26H26O3. The molecule has 0 amide bonds. The van der Waals surface area contributed by atoms with Gasteiger partial charge in [-0.15, -0.1) is 0 Å². The molecule has 1 fully saturated rings. The van der Waals surface area contributed by atoms with Gasteiger partial charge in [0, 0.05) is 0 Å². The molecule has 4 rings (SSSR count). The average Bonchev–Trinajstić information content (AvgIpc) is 3.42. The smallest absolute Gasteiger partial charge is 0.347 e. The van der Waals surface area contributed by atoms with Crippen molar-refractivity contribution in [3.8, 4) is 0 Å². The summed E-state index contributed by atoms with van der Waals surface area (Å²) in [5.74, 6) is -0.356. The Hall–Kier alpha value is -2.91. The molecular weight excluding hydrogens is 360 g/mol. The number of ether oxygens (including phenoxy) is 2. The number of hydrogen-bond acceptors (Lipinski definition) is 3. The third-order valence-electron chi connectivity index (χ3n) is 5.70. The summed E-state index contributed by atoms with van der Waals surface area (Å²) in [5, 5.41) is 0. The quantitative estimate of drug-likeness (QED) is 0.439. The molecule has 1 heterocycles. The lowest BCUT2D eigenvalue weighted by Gasteiger charge is -2.21. The van der Waals surface area contributed by atoms with Gasteiger partial charge in [-0.25, -0.2) is 4.79 Å². The van der Waals surface area contributed by atoms with E-state index in [4.69, 9.17) is 9.47 Å². The maximum atomic E-state index is 13.4. The molecule has 3 nitrogen and oxygen atoms in total. The van der Waals surface area contributed by atoms with Gasteiger partial charge >= 0.3 is 5.97 Å². The van der Waals surface area contributed by atoms with Crippen molar-refractivity contribution in [2.75, 3.05) is 6.61 Å². The summed E-state index contributed by atoms with van der Waals surface area (Å²) in [7, 11) is 0. The summed E-state index contributed by atoms with van der Waals surface area (Å²) in [6, 6.07) is 24.3. The van der Waals surface area contributed by atoms with E-state index in [1.807, 2.05) is 62.4 Å². The molecule has 1 aliphatic heterocycles. The molecule has 1 unspecified atom stereocenters. The highest BCUT2D eigenvalue weighted by atomic mass is 16.7. The van der Waals surface area contributed by atoms with E-state index in [0.717, 1.165) is 33.4 Å². The summed E-state index contributed by atoms with van der Waals surface area (Å²) < 4.78 is 12.0. The number of carbonyl (C=O) groups is 1. The molecule has 29 heavy (non-hydrogen) atoms. The minimum atomic E-state index is -1.21. The lowest BCUT2D eigenvalue weighted by atomic mass is 9.76. The molecule has 0 radical (unpaired) electrons. The maximum absolute atomic E-state index is 13.4. The fraction of sp³-hybridized carbons (Fsp3) is 0.269. The number of rotatable bonds is 5. The summed E-state index contributed by atoms with van der Waals surface area (Å²) in [6.45, 7) is 8.25. The van der Waals surface area contributed by atoms with Gasteiger partial charge in [0.25, 0.3) is 0 Å². The second-order valence-electron chi connectivity index (χ2n) is 7.78. The zero-order chi connectivity index (χ0) is 20.6. The van der Waals surface area contributed by atoms with Gasteiger partial charge in [0.2, 0.25) is 5.60 Å². The first-order valence-corrected chi connectivity index (χ1v) is 10.0. The normalized spacial score (nSPS) is 19.6. The van der Waals surface area contributed by atoms with Crippen LogP contribution in [0, 0.1) is 20.8 Å². The molecule has 3 heteroatoms. The van der Waals surface area contributed by atoms with Crippen molar-refractivity contribution in [1.82, 2.24) is 0 Å². The number of epoxide rings is 1. The molecule has 0 N–H and O–H groups in total. The number of hydrogen-bond donors (Lipinski definition) is 0. The Kier molecular flexibility index (Phi) is 4.79. The minimum Gasteiger partial charge on any atom is -0.463 e. The zero-order valence-electron chi connectivity index (χ0n) is 17.4. The number of esters is 1. The Balaban J connectivity index is 1.96. The van der Waals surface area contributed by atoms with Crippen molar-refractivity contribution in [3.05, 3.63) is 106 Å². The first-order valence-electron chi connectivity index (χ1n) is 10.0. The van der Waals surface area contributed by atoms with Crippen LogP contribution in [0.25, 0.3) is 0 Å². The third kappa shape index (κ3) is 2.97. The van der Waals surface area contributed by atoms with Crippen LogP contribution in [0.4, 0.5) is 0 Å². The van der Waals surface area contributed by atoms with E-state index in [1.54, 1.807) is 0 Å². The van der Waals surface area contributed by atoms with Crippen LogP contribution in [0.3, 0.4) is 0 Å². The molecule has 0 spiro atoms. The van der Waals surface area contributed by atoms with Gasteiger partial charge in [0.1, 0.15) is 0 Å². The van der Waals surface area contributed by atoms with Crippen LogP contribution < -0.4 is 0 Å². The van der Waals surface area contributed by atoms with Crippen molar-refractivity contribution in [3.63, 3.8) is 0 Å². The Morgan fingerprint density at radius 3 is 1.48 bits per heavy atom. The molecule has 0 aliphatic carbocycles. The van der Waals surface area contributed by atoms with Gasteiger partial charge in [0.15, 0.2) is 5.60 Å². The molecule has 0 saturated carbocycles. The molecule has 1 saturated heterocycles. The van der Waals surface area contributed by atoms with E-state index in [1.165, 1.54) is 0 Å². The van der Waals surface area contributed by atoms with E-state index >= 15 is 0 Å². The van der Waals surface area contributed by atoms with Gasteiger partial charge in [0.05, 0.1) is 6.61 Å². The van der Waals surface area contributed by atoms with Crippen LogP contribution in [0.2, 0.25) is 0 Å². The van der Waals surface area contributed by atoms with Crippen molar-refractivity contribution in [2.45, 2.75) is 38.9 Å². The molecule has 3 aromatic carbocycles. The molecule has 1 atom stereocenters. The van der Waals surface area contributed by atoms with Crippen molar-refractivity contribution in [2.24, 2.45) is 0 Å². The highest BCUT2D eigenvalue weighted by Gasteiger charge is 2.78. The van der Waals surface area contributed by atoms with Crippen LogP contribution in [-0.2, 0) is 25.5 Å². The number of aryl methyl sites for hydroxylation is 3. The van der Waals surface area contributed by atoms with E-state index < -0.39 is 11.2 Å². The van der Waals surface area contributed by atoms with Gasteiger partial charge in [-0.05, 0) is 44.4 Å². The largest absolute Gasteiger partial charge is 0.463 e. The van der Waals surface area contributed by atoms with Crippen LogP contribution in [-0.4, -0.2) is 12.6 Å². The highest BCUT2D eigenvalue weighted by Crippen LogP contribution is 2.66. The zero-order valence-corrected chi connectivity index (χ0v) is 17.4.